The molecule has 7 rings (SSSR count). The van der Waals surface area contributed by atoms with Crippen molar-refractivity contribution in [1.82, 2.24) is 14.1 Å². The number of rotatable bonds is 5. The summed E-state index contributed by atoms with van der Waals surface area (Å²) in [6.07, 6.45) is 2.13. The quantitative estimate of drug-likeness (QED) is 0.222. The van der Waals surface area contributed by atoms with E-state index < -0.39 is 0 Å². The van der Waals surface area contributed by atoms with Crippen LogP contribution < -0.4 is 5.56 Å². The van der Waals surface area contributed by atoms with Gasteiger partial charge in [-0.1, -0.05) is 74.0 Å². The summed E-state index contributed by atoms with van der Waals surface area (Å²) in [5.41, 5.74) is 7.14. The van der Waals surface area contributed by atoms with Gasteiger partial charge in [0.1, 0.15) is 5.82 Å². The molecule has 0 spiro atoms. The maximum Gasteiger partial charge on any atom is 0.263 e. The summed E-state index contributed by atoms with van der Waals surface area (Å²) in [7, 11) is 0. The minimum Gasteiger partial charge on any atom is -0.292 e. The molecule has 2 aromatic heterocycles. The number of aryl methyl sites for hydroxylation is 1. The molecule has 0 aliphatic heterocycles. The molecule has 7 aromatic rings. The SMILES string of the molecule is CCCc1ccc2c(c1)nc(-c1ccc(-n3c(=O)c4ccccc4c4ccccc43)cc1)n2-c1ccccc1. The molecule has 5 aromatic carbocycles. The number of hydrogen-bond acceptors (Lipinski definition) is 2. The molecule has 0 unspecified atom stereocenters. The van der Waals surface area contributed by atoms with Crippen LogP contribution in [-0.4, -0.2) is 14.1 Å². The first-order valence-corrected chi connectivity index (χ1v) is 13.4. The van der Waals surface area contributed by atoms with Gasteiger partial charge in [0.05, 0.1) is 16.6 Å². The minimum atomic E-state index is -0.0166. The fourth-order valence-electron chi connectivity index (χ4n) is 5.65. The number of fused-ring (bicyclic) bond motifs is 4. The molecule has 4 nitrogen and oxygen atoms in total. The van der Waals surface area contributed by atoms with Gasteiger partial charge in [-0.05, 0) is 78.0 Å². The molecule has 39 heavy (non-hydrogen) atoms. The molecular weight excluding hydrogens is 478 g/mol. The Kier molecular flexibility index (Phi) is 5.59. The van der Waals surface area contributed by atoms with Crippen molar-refractivity contribution in [3.8, 4) is 22.8 Å². The Hall–Kier alpha value is -4.96. The zero-order valence-corrected chi connectivity index (χ0v) is 21.7. The first kappa shape index (κ1) is 23.2. The summed E-state index contributed by atoms with van der Waals surface area (Å²) < 4.78 is 4.04. The average Bonchev–Trinajstić information content (AvgIpc) is 3.37. The van der Waals surface area contributed by atoms with Gasteiger partial charge in [-0.2, -0.15) is 0 Å². The molecule has 2 heterocycles. The first-order chi connectivity index (χ1) is 19.2. The number of aromatic nitrogens is 3. The van der Waals surface area contributed by atoms with Crippen LogP contribution in [-0.2, 0) is 6.42 Å². The maximum atomic E-state index is 13.7. The van der Waals surface area contributed by atoms with E-state index in [1.165, 1.54) is 5.56 Å². The van der Waals surface area contributed by atoms with Gasteiger partial charge < -0.3 is 0 Å². The van der Waals surface area contributed by atoms with E-state index in [1.54, 1.807) is 0 Å². The lowest BCUT2D eigenvalue weighted by Crippen LogP contribution is -2.19. The molecule has 0 saturated heterocycles. The van der Waals surface area contributed by atoms with E-state index in [4.69, 9.17) is 4.98 Å². The third-order valence-electron chi connectivity index (χ3n) is 7.45. The first-order valence-electron chi connectivity index (χ1n) is 13.4. The van der Waals surface area contributed by atoms with Gasteiger partial charge in [0, 0.05) is 27.7 Å². The second-order valence-corrected chi connectivity index (χ2v) is 9.93. The molecular formula is C35H27N3O. The topological polar surface area (TPSA) is 39.8 Å². The molecule has 0 aliphatic rings. The average molecular weight is 506 g/mol. The second kappa shape index (κ2) is 9.41. The lowest BCUT2D eigenvalue weighted by atomic mass is 10.1. The fraction of sp³-hybridized carbons (Fsp3) is 0.0857. The van der Waals surface area contributed by atoms with Gasteiger partial charge >= 0.3 is 0 Å². The van der Waals surface area contributed by atoms with Crippen molar-refractivity contribution in [3.05, 3.63) is 137 Å². The lowest BCUT2D eigenvalue weighted by Gasteiger charge is -2.14. The van der Waals surface area contributed by atoms with Crippen LogP contribution in [0.1, 0.15) is 18.9 Å². The van der Waals surface area contributed by atoms with Crippen molar-refractivity contribution in [3.63, 3.8) is 0 Å². The van der Waals surface area contributed by atoms with Crippen molar-refractivity contribution >= 4 is 32.7 Å². The summed E-state index contributed by atoms with van der Waals surface area (Å²) >= 11 is 0. The second-order valence-electron chi connectivity index (χ2n) is 9.93. The number of para-hydroxylation sites is 2. The molecule has 0 N–H and O–H groups in total. The van der Waals surface area contributed by atoms with Crippen LogP contribution in [0.5, 0.6) is 0 Å². The molecule has 0 radical (unpaired) electrons. The molecule has 0 fully saturated rings. The van der Waals surface area contributed by atoms with Crippen molar-refractivity contribution in [2.75, 3.05) is 0 Å². The minimum absolute atomic E-state index is 0.0166. The van der Waals surface area contributed by atoms with Crippen LogP contribution in [0, 0.1) is 0 Å². The number of hydrogen-bond donors (Lipinski definition) is 0. The highest BCUT2D eigenvalue weighted by molar-refractivity contribution is 6.06. The smallest absolute Gasteiger partial charge is 0.263 e. The van der Waals surface area contributed by atoms with Crippen molar-refractivity contribution in [2.45, 2.75) is 19.8 Å². The third-order valence-corrected chi connectivity index (χ3v) is 7.45. The number of imidazole rings is 1. The van der Waals surface area contributed by atoms with Gasteiger partial charge in [0.2, 0.25) is 0 Å². The molecule has 188 valence electrons. The van der Waals surface area contributed by atoms with Crippen LogP contribution in [0.4, 0.5) is 0 Å². The van der Waals surface area contributed by atoms with Crippen LogP contribution >= 0.6 is 0 Å². The Morgan fingerprint density at radius 3 is 2.05 bits per heavy atom. The Labute approximate surface area is 226 Å². The number of benzene rings is 5. The van der Waals surface area contributed by atoms with Crippen molar-refractivity contribution in [1.29, 1.82) is 0 Å². The van der Waals surface area contributed by atoms with E-state index in [0.29, 0.717) is 5.39 Å². The van der Waals surface area contributed by atoms with Crippen molar-refractivity contribution in [2.24, 2.45) is 0 Å². The predicted molar refractivity (Wildman–Crippen MR) is 161 cm³/mol. The molecule has 0 amide bonds. The highest BCUT2D eigenvalue weighted by Crippen LogP contribution is 2.31. The monoisotopic (exact) mass is 505 g/mol. The van der Waals surface area contributed by atoms with E-state index in [2.05, 4.69) is 72.2 Å². The zero-order chi connectivity index (χ0) is 26.3. The number of pyridine rings is 1. The van der Waals surface area contributed by atoms with Gasteiger partial charge in [-0.15, -0.1) is 0 Å². The highest BCUT2D eigenvalue weighted by Gasteiger charge is 2.16. The molecule has 0 aliphatic carbocycles. The standard InChI is InChI=1S/C35H27N3O/c1-2-10-24-17-22-33-31(23-24)36-34(37(33)26-11-4-3-5-12-26)25-18-20-27(21-19-25)38-32-16-9-8-14-29(32)28-13-6-7-15-30(28)35(38)39/h3-9,11-23H,2,10H2,1H3. The maximum absolute atomic E-state index is 13.7. The number of nitrogens with zero attached hydrogens (tertiary/aromatic N) is 3. The largest absolute Gasteiger partial charge is 0.292 e. The molecule has 0 atom stereocenters. The summed E-state index contributed by atoms with van der Waals surface area (Å²) in [4.78, 5) is 18.8. The Morgan fingerprint density at radius 2 is 1.28 bits per heavy atom. The van der Waals surface area contributed by atoms with Crippen LogP contribution in [0.15, 0.2) is 126 Å². The third kappa shape index (κ3) is 3.84. The Morgan fingerprint density at radius 1 is 0.615 bits per heavy atom. The Bertz CT molecular complexity index is 2030. The summed E-state index contributed by atoms with van der Waals surface area (Å²) in [5.74, 6) is 0.882. The summed E-state index contributed by atoms with van der Waals surface area (Å²) in [6, 6.07) is 41.1. The van der Waals surface area contributed by atoms with E-state index in [9.17, 15) is 4.79 Å². The van der Waals surface area contributed by atoms with E-state index in [-0.39, 0.29) is 5.56 Å². The normalized spacial score (nSPS) is 11.5. The van der Waals surface area contributed by atoms with E-state index in [0.717, 1.165) is 62.9 Å². The zero-order valence-electron chi connectivity index (χ0n) is 21.7. The van der Waals surface area contributed by atoms with Crippen molar-refractivity contribution < 1.29 is 0 Å². The fourth-order valence-corrected chi connectivity index (χ4v) is 5.65. The van der Waals surface area contributed by atoms with E-state index >= 15 is 0 Å². The lowest BCUT2D eigenvalue weighted by molar-refractivity contribution is 0.923. The summed E-state index contributed by atoms with van der Waals surface area (Å²) in [6.45, 7) is 2.20. The highest BCUT2D eigenvalue weighted by atomic mass is 16.1. The van der Waals surface area contributed by atoms with Gasteiger partial charge in [-0.3, -0.25) is 13.9 Å². The van der Waals surface area contributed by atoms with Gasteiger partial charge in [0.25, 0.3) is 5.56 Å². The van der Waals surface area contributed by atoms with E-state index in [1.807, 2.05) is 65.2 Å². The molecule has 4 heteroatoms. The van der Waals surface area contributed by atoms with Crippen LogP contribution in [0.3, 0.4) is 0 Å². The predicted octanol–water partition coefficient (Wildman–Crippen LogP) is 8.10. The summed E-state index contributed by atoms with van der Waals surface area (Å²) in [5, 5.41) is 2.75. The van der Waals surface area contributed by atoms with Crippen LogP contribution in [0.25, 0.3) is 55.5 Å². The van der Waals surface area contributed by atoms with Gasteiger partial charge in [0.15, 0.2) is 0 Å². The Balaban J connectivity index is 1.41. The van der Waals surface area contributed by atoms with Gasteiger partial charge in [-0.25, -0.2) is 4.98 Å². The van der Waals surface area contributed by atoms with Crippen LogP contribution in [0.2, 0.25) is 0 Å². The molecule has 0 bridgehead atoms. The molecule has 0 saturated carbocycles.